The molecule has 0 unspecified atom stereocenters. The maximum atomic E-state index is 12.4. The van der Waals surface area contributed by atoms with Crippen molar-refractivity contribution in [3.05, 3.63) is 72.6 Å². The molecule has 2 heterocycles. The maximum Gasteiger partial charge on any atom is 0.223 e. The average Bonchev–Trinajstić information content (AvgIpc) is 3.28. The van der Waals surface area contributed by atoms with Crippen molar-refractivity contribution in [1.82, 2.24) is 14.5 Å². The lowest BCUT2D eigenvalue weighted by Gasteiger charge is -2.18. The zero-order valence-corrected chi connectivity index (χ0v) is 17.2. The van der Waals surface area contributed by atoms with Gasteiger partial charge in [0.05, 0.1) is 17.6 Å². The predicted octanol–water partition coefficient (Wildman–Crippen LogP) is 3.29. The van der Waals surface area contributed by atoms with E-state index in [-0.39, 0.29) is 18.4 Å². The van der Waals surface area contributed by atoms with E-state index in [1.807, 2.05) is 60.0 Å². The lowest BCUT2D eigenvalue weighted by Crippen LogP contribution is -2.26. The number of ether oxygens (including phenoxy) is 1. The normalized spacial score (nSPS) is 17.5. The van der Waals surface area contributed by atoms with Crippen LogP contribution in [0.15, 0.2) is 61.2 Å². The van der Waals surface area contributed by atoms with Gasteiger partial charge in [0.25, 0.3) is 0 Å². The Morgan fingerprint density at radius 3 is 2.93 bits per heavy atom. The molecule has 1 amide bonds. The number of aromatic nitrogens is 2. The molecule has 6 heteroatoms. The number of carbonyl (C=O) groups is 1. The molecule has 0 radical (unpaired) electrons. The first-order chi connectivity index (χ1) is 14.5. The molecule has 0 bridgehead atoms. The Morgan fingerprint density at radius 2 is 2.13 bits per heavy atom. The molecule has 2 atom stereocenters. The van der Waals surface area contributed by atoms with Crippen LogP contribution in [0.4, 0.5) is 0 Å². The van der Waals surface area contributed by atoms with E-state index in [1.165, 1.54) is 0 Å². The van der Waals surface area contributed by atoms with Crippen LogP contribution in [0.2, 0.25) is 0 Å². The molecule has 1 N–H and O–H groups in total. The number of hydrogen-bond acceptors (Lipinski definition) is 4. The fourth-order valence-electron chi connectivity index (χ4n) is 4.04. The first-order valence-corrected chi connectivity index (χ1v) is 10.3. The molecular formula is C24H27N3O3. The molecule has 4 rings (SSSR count). The minimum atomic E-state index is -0.705. The van der Waals surface area contributed by atoms with Gasteiger partial charge >= 0.3 is 0 Å². The third-order valence-electron chi connectivity index (χ3n) is 5.44. The Balaban J connectivity index is 1.54. The van der Waals surface area contributed by atoms with E-state index in [0.29, 0.717) is 26.1 Å². The number of likely N-dealkylation sites (tertiary alicyclic amines) is 1. The highest BCUT2D eigenvalue weighted by Gasteiger charge is 2.33. The van der Waals surface area contributed by atoms with Crippen molar-refractivity contribution in [1.29, 1.82) is 0 Å². The monoisotopic (exact) mass is 405 g/mol. The first kappa shape index (κ1) is 20.2. The quantitative estimate of drug-likeness (QED) is 0.584. The fraction of sp³-hybridized carbons (Fsp3) is 0.333. The molecule has 2 aromatic carbocycles. The summed E-state index contributed by atoms with van der Waals surface area (Å²) in [5.74, 6) is 1.69. The smallest absolute Gasteiger partial charge is 0.223 e. The molecule has 1 aliphatic rings. The molecule has 6 nitrogen and oxygen atoms in total. The van der Waals surface area contributed by atoms with Gasteiger partial charge in [-0.05, 0) is 36.8 Å². The number of rotatable bonds is 8. The van der Waals surface area contributed by atoms with Gasteiger partial charge in [0.2, 0.25) is 5.91 Å². The number of nitrogens with zero attached hydrogens (tertiary/aromatic N) is 3. The Bertz CT molecular complexity index is 1060. The third kappa shape index (κ3) is 4.24. The summed E-state index contributed by atoms with van der Waals surface area (Å²) < 4.78 is 7.82. The van der Waals surface area contributed by atoms with Gasteiger partial charge in [0, 0.05) is 25.4 Å². The number of carbonyl (C=O) groups excluding carboxylic acids is 1. The van der Waals surface area contributed by atoms with E-state index in [4.69, 9.17) is 9.72 Å². The zero-order valence-electron chi connectivity index (χ0n) is 17.2. The molecule has 0 spiro atoms. The van der Waals surface area contributed by atoms with E-state index in [1.54, 1.807) is 11.0 Å². The molecule has 0 aliphatic carbocycles. The van der Waals surface area contributed by atoms with Crippen LogP contribution in [0.1, 0.15) is 23.7 Å². The van der Waals surface area contributed by atoms with E-state index in [9.17, 15) is 9.90 Å². The minimum absolute atomic E-state index is 0.00487. The van der Waals surface area contributed by atoms with Gasteiger partial charge in [0.1, 0.15) is 24.3 Å². The molecule has 1 aromatic heterocycles. The molecular weight excluding hydrogens is 378 g/mol. The maximum absolute atomic E-state index is 12.4. The SMILES string of the molecule is C=CCN1C[C@@H](c2nc3ccccc3n2C[C@H](O)COc2cccc(C)c2)CC1=O. The summed E-state index contributed by atoms with van der Waals surface area (Å²) in [6, 6.07) is 15.6. The van der Waals surface area contributed by atoms with Gasteiger partial charge in [-0.2, -0.15) is 0 Å². The van der Waals surface area contributed by atoms with Crippen molar-refractivity contribution in [2.45, 2.75) is 31.9 Å². The van der Waals surface area contributed by atoms with Crippen molar-refractivity contribution in [2.24, 2.45) is 0 Å². The van der Waals surface area contributed by atoms with Crippen LogP contribution >= 0.6 is 0 Å². The van der Waals surface area contributed by atoms with Crippen LogP contribution in [-0.2, 0) is 11.3 Å². The van der Waals surface area contributed by atoms with Gasteiger partial charge in [-0.3, -0.25) is 4.79 Å². The van der Waals surface area contributed by atoms with Crippen LogP contribution in [0, 0.1) is 6.92 Å². The molecule has 1 saturated heterocycles. The topological polar surface area (TPSA) is 67.6 Å². The fourth-order valence-corrected chi connectivity index (χ4v) is 4.04. The average molecular weight is 405 g/mol. The summed E-state index contributed by atoms with van der Waals surface area (Å²) in [5.41, 5.74) is 2.94. The summed E-state index contributed by atoms with van der Waals surface area (Å²) >= 11 is 0. The summed E-state index contributed by atoms with van der Waals surface area (Å²) in [6.07, 6.45) is 1.46. The van der Waals surface area contributed by atoms with Crippen LogP contribution in [0.3, 0.4) is 0 Å². The second kappa shape index (κ2) is 8.71. The van der Waals surface area contributed by atoms with Gasteiger partial charge < -0.3 is 19.3 Å². The standard InChI is InChI=1S/C24H27N3O3/c1-3-11-26-14-18(13-23(26)29)24-25-21-9-4-5-10-22(21)27(24)15-19(28)16-30-20-8-6-7-17(2)12-20/h3-10,12,18-19,28H,1,11,13-16H2,2H3/t18-,19-/m0/s1. The number of aliphatic hydroxyl groups excluding tert-OH is 1. The second-order valence-electron chi connectivity index (χ2n) is 7.84. The van der Waals surface area contributed by atoms with E-state index in [0.717, 1.165) is 28.2 Å². The lowest BCUT2D eigenvalue weighted by atomic mass is 10.1. The van der Waals surface area contributed by atoms with Crippen molar-refractivity contribution in [3.63, 3.8) is 0 Å². The number of aliphatic hydroxyl groups is 1. The largest absolute Gasteiger partial charge is 0.491 e. The number of aryl methyl sites for hydroxylation is 1. The van der Waals surface area contributed by atoms with Crippen molar-refractivity contribution < 1.29 is 14.6 Å². The minimum Gasteiger partial charge on any atom is -0.491 e. The van der Waals surface area contributed by atoms with Crippen LogP contribution in [-0.4, -0.2) is 51.3 Å². The molecule has 1 aliphatic heterocycles. The van der Waals surface area contributed by atoms with Gasteiger partial charge in [0.15, 0.2) is 0 Å². The molecule has 0 saturated carbocycles. The molecule has 30 heavy (non-hydrogen) atoms. The number of benzene rings is 2. The van der Waals surface area contributed by atoms with Crippen LogP contribution in [0.5, 0.6) is 5.75 Å². The van der Waals surface area contributed by atoms with Gasteiger partial charge in [-0.25, -0.2) is 4.98 Å². The number of fused-ring (bicyclic) bond motifs is 1. The summed E-state index contributed by atoms with van der Waals surface area (Å²) in [6.45, 7) is 7.44. The van der Waals surface area contributed by atoms with Crippen molar-refractivity contribution in [2.75, 3.05) is 19.7 Å². The summed E-state index contributed by atoms with van der Waals surface area (Å²) in [7, 11) is 0. The summed E-state index contributed by atoms with van der Waals surface area (Å²) in [5, 5.41) is 10.7. The molecule has 3 aromatic rings. The molecule has 156 valence electrons. The van der Waals surface area contributed by atoms with Crippen molar-refractivity contribution >= 4 is 16.9 Å². The van der Waals surface area contributed by atoms with Crippen LogP contribution in [0.25, 0.3) is 11.0 Å². The number of para-hydroxylation sites is 2. The van der Waals surface area contributed by atoms with Crippen LogP contribution < -0.4 is 4.74 Å². The predicted molar refractivity (Wildman–Crippen MR) is 117 cm³/mol. The second-order valence-corrected chi connectivity index (χ2v) is 7.84. The number of hydrogen-bond donors (Lipinski definition) is 1. The van der Waals surface area contributed by atoms with E-state index in [2.05, 4.69) is 6.58 Å². The van der Waals surface area contributed by atoms with Gasteiger partial charge in [-0.15, -0.1) is 6.58 Å². The van der Waals surface area contributed by atoms with Gasteiger partial charge in [-0.1, -0.05) is 30.3 Å². The Kier molecular flexibility index (Phi) is 5.86. The Morgan fingerprint density at radius 1 is 1.30 bits per heavy atom. The highest BCUT2D eigenvalue weighted by atomic mass is 16.5. The highest BCUT2D eigenvalue weighted by molar-refractivity contribution is 5.81. The lowest BCUT2D eigenvalue weighted by molar-refractivity contribution is -0.127. The van der Waals surface area contributed by atoms with Crippen molar-refractivity contribution in [3.8, 4) is 5.75 Å². The Labute approximate surface area is 176 Å². The molecule has 1 fully saturated rings. The zero-order chi connectivity index (χ0) is 21.1. The Hall–Kier alpha value is -3.12. The van der Waals surface area contributed by atoms with E-state index < -0.39 is 6.10 Å². The number of imidazole rings is 1. The summed E-state index contributed by atoms with van der Waals surface area (Å²) in [4.78, 5) is 19.0. The first-order valence-electron chi connectivity index (χ1n) is 10.3. The highest BCUT2D eigenvalue weighted by Crippen LogP contribution is 2.30. The van der Waals surface area contributed by atoms with E-state index >= 15 is 0 Å². The third-order valence-corrected chi connectivity index (χ3v) is 5.44. The number of amides is 1.